The fourth-order valence-corrected chi connectivity index (χ4v) is 2.13. The van der Waals surface area contributed by atoms with E-state index in [1.165, 1.54) is 6.26 Å². The highest BCUT2D eigenvalue weighted by molar-refractivity contribution is 7.90. The lowest BCUT2D eigenvalue weighted by atomic mass is 10.1. The quantitative estimate of drug-likeness (QED) is 0.747. The molecule has 1 rings (SSSR count). The maximum absolute atomic E-state index is 10.9. The van der Waals surface area contributed by atoms with Crippen molar-refractivity contribution in [1.29, 1.82) is 0 Å². The Labute approximate surface area is 90.2 Å². The summed E-state index contributed by atoms with van der Waals surface area (Å²) in [5.74, 6) is 1.08. The molecule has 1 unspecified atom stereocenters. The Balaban J connectivity index is 2.42. The minimum absolute atomic E-state index is 0.0988. The zero-order valence-electron chi connectivity index (χ0n) is 9.03. The number of nitrogens with one attached hydrogen (secondary N) is 2. The molecular weight excluding hydrogens is 214 g/mol. The Kier molecular flexibility index (Phi) is 4.28. The lowest BCUT2D eigenvalue weighted by Gasteiger charge is -2.12. The van der Waals surface area contributed by atoms with Crippen LogP contribution in [0.25, 0.3) is 0 Å². The zero-order valence-corrected chi connectivity index (χ0v) is 9.84. The molecule has 1 atom stereocenters. The molecule has 0 amide bonds. The number of nitrogens with zero attached hydrogens (tertiary/aromatic N) is 1. The van der Waals surface area contributed by atoms with E-state index in [1.54, 1.807) is 12.4 Å². The summed E-state index contributed by atoms with van der Waals surface area (Å²) in [6.07, 6.45) is 6.11. The van der Waals surface area contributed by atoms with Crippen LogP contribution in [-0.4, -0.2) is 37.4 Å². The fraction of sp³-hybridized carbons (Fsp3) is 0.667. The minimum Gasteiger partial charge on any atom is -0.347 e. The average molecular weight is 231 g/mol. The van der Waals surface area contributed by atoms with Crippen LogP contribution >= 0.6 is 0 Å². The maximum atomic E-state index is 10.9. The molecule has 0 spiro atoms. The van der Waals surface area contributed by atoms with E-state index >= 15 is 0 Å². The van der Waals surface area contributed by atoms with Crippen molar-refractivity contribution >= 4 is 9.84 Å². The Bertz CT molecular complexity index is 372. The van der Waals surface area contributed by atoms with Gasteiger partial charge in [0.2, 0.25) is 0 Å². The number of aromatic amines is 1. The molecule has 5 nitrogen and oxygen atoms in total. The van der Waals surface area contributed by atoms with Crippen molar-refractivity contribution in [2.24, 2.45) is 0 Å². The number of H-pyrrole nitrogens is 1. The molecule has 1 aromatic heterocycles. The Morgan fingerprint density at radius 1 is 1.60 bits per heavy atom. The van der Waals surface area contributed by atoms with Crippen LogP contribution in [0.5, 0.6) is 0 Å². The molecule has 1 aromatic rings. The second-order valence-electron chi connectivity index (χ2n) is 3.59. The monoisotopic (exact) mass is 231 g/mol. The van der Waals surface area contributed by atoms with E-state index in [0.29, 0.717) is 6.42 Å². The zero-order chi connectivity index (χ0) is 11.3. The van der Waals surface area contributed by atoms with Crippen LogP contribution in [0.15, 0.2) is 12.4 Å². The third kappa shape index (κ3) is 4.44. The standard InChI is InChI=1S/C9H17N3O2S/c1-10-8(9-11-5-6-12-9)4-3-7-15(2,13)14/h5-6,8,10H,3-4,7H2,1-2H3,(H,11,12). The summed E-state index contributed by atoms with van der Waals surface area (Å²) in [5.41, 5.74) is 0. The van der Waals surface area contributed by atoms with Crippen molar-refractivity contribution in [3.05, 3.63) is 18.2 Å². The number of imidazole rings is 1. The SMILES string of the molecule is CNC(CCCS(C)(=O)=O)c1ncc[nH]1. The van der Waals surface area contributed by atoms with Crippen LogP contribution in [0.4, 0.5) is 0 Å². The van der Waals surface area contributed by atoms with Gasteiger partial charge in [0.15, 0.2) is 0 Å². The van der Waals surface area contributed by atoms with Gasteiger partial charge >= 0.3 is 0 Å². The topological polar surface area (TPSA) is 74.8 Å². The molecule has 0 aliphatic rings. The molecule has 15 heavy (non-hydrogen) atoms. The van der Waals surface area contributed by atoms with Crippen molar-refractivity contribution in [3.8, 4) is 0 Å². The van der Waals surface area contributed by atoms with Crippen LogP contribution in [0, 0.1) is 0 Å². The Hall–Kier alpha value is -0.880. The van der Waals surface area contributed by atoms with Crippen molar-refractivity contribution in [1.82, 2.24) is 15.3 Å². The van der Waals surface area contributed by atoms with E-state index in [9.17, 15) is 8.42 Å². The first kappa shape index (κ1) is 12.2. The maximum Gasteiger partial charge on any atom is 0.147 e. The number of hydrogen-bond donors (Lipinski definition) is 2. The van der Waals surface area contributed by atoms with Gasteiger partial charge in [0, 0.05) is 24.4 Å². The van der Waals surface area contributed by atoms with E-state index in [-0.39, 0.29) is 11.8 Å². The predicted octanol–water partition coefficient (Wildman–Crippen LogP) is 0.495. The molecule has 0 aromatic carbocycles. The first-order valence-corrected chi connectivity index (χ1v) is 6.93. The van der Waals surface area contributed by atoms with Gasteiger partial charge < -0.3 is 10.3 Å². The molecule has 0 saturated carbocycles. The largest absolute Gasteiger partial charge is 0.347 e. The third-order valence-electron chi connectivity index (χ3n) is 2.21. The number of hydrogen-bond acceptors (Lipinski definition) is 4. The van der Waals surface area contributed by atoms with Gasteiger partial charge in [-0.2, -0.15) is 0 Å². The van der Waals surface area contributed by atoms with E-state index in [0.717, 1.165) is 12.2 Å². The summed E-state index contributed by atoms with van der Waals surface area (Å²) in [6, 6.07) is 0.0988. The van der Waals surface area contributed by atoms with Gasteiger partial charge in [0.05, 0.1) is 6.04 Å². The first-order chi connectivity index (χ1) is 7.03. The van der Waals surface area contributed by atoms with Gasteiger partial charge in [-0.25, -0.2) is 13.4 Å². The molecule has 0 aliphatic heterocycles. The first-order valence-electron chi connectivity index (χ1n) is 4.87. The van der Waals surface area contributed by atoms with Crippen molar-refractivity contribution in [2.45, 2.75) is 18.9 Å². The third-order valence-corrected chi connectivity index (χ3v) is 3.24. The van der Waals surface area contributed by atoms with E-state index in [2.05, 4.69) is 15.3 Å². The van der Waals surface area contributed by atoms with Crippen LogP contribution in [0.1, 0.15) is 24.7 Å². The van der Waals surface area contributed by atoms with Gasteiger partial charge in [0.25, 0.3) is 0 Å². The average Bonchev–Trinajstić information content (AvgIpc) is 2.63. The molecule has 0 fully saturated rings. The molecule has 0 radical (unpaired) electrons. The van der Waals surface area contributed by atoms with Gasteiger partial charge in [-0.3, -0.25) is 0 Å². The Morgan fingerprint density at radius 2 is 2.33 bits per heavy atom. The summed E-state index contributed by atoms with van der Waals surface area (Å²) in [6.45, 7) is 0. The summed E-state index contributed by atoms with van der Waals surface area (Å²) < 4.78 is 21.9. The lowest BCUT2D eigenvalue weighted by Crippen LogP contribution is -2.18. The van der Waals surface area contributed by atoms with E-state index in [1.807, 2.05) is 7.05 Å². The molecule has 1 heterocycles. The number of sulfone groups is 1. The van der Waals surface area contributed by atoms with Gasteiger partial charge in [0.1, 0.15) is 15.7 Å². The van der Waals surface area contributed by atoms with Crippen molar-refractivity contribution in [2.75, 3.05) is 19.1 Å². The second kappa shape index (κ2) is 5.27. The second-order valence-corrected chi connectivity index (χ2v) is 5.85. The molecule has 6 heteroatoms. The molecule has 0 saturated heterocycles. The highest BCUT2D eigenvalue weighted by Crippen LogP contribution is 2.13. The molecule has 86 valence electrons. The van der Waals surface area contributed by atoms with Gasteiger partial charge in [-0.1, -0.05) is 0 Å². The van der Waals surface area contributed by atoms with Crippen LogP contribution in [0.2, 0.25) is 0 Å². The lowest BCUT2D eigenvalue weighted by molar-refractivity contribution is 0.515. The normalized spacial score (nSPS) is 14.0. The van der Waals surface area contributed by atoms with Crippen LogP contribution in [-0.2, 0) is 9.84 Å². The molecular formula is C9H17N3O2S. The molecule has 0 aliphatic carbocycles. The summed E-state index contributed by atoms with van der Waals surface area (Å²) >= 11 is 0. The number of rotatable bonds is 6. The van der Waals surface area contributed by atoms with Crippen LogP contribution in [0.3, 0.4) is 0 Å². The molecule has 0 bridgehead atoms. The van der Waals surface area contributed by atoms with Crippen molar-refractivity contribution < 1.29 is 8.42 Å². The summed E-state index contributed by atoms with van der Waals surface area (Å²) in [5, 5.41) is 3.10. The fourth-order valence-electron chi connectivity index (χ4n) is 1.44. The van der Waals surface area contributed by atoms with E-state index < -0.39 is 9.84 Å². The van der Waals surface area contributed by atoms with Gasteiger partial charge in [-0.05, 0) is 19.9 Å². The summed E-state index contributed by atoms with van der Waals surface area (Å²) in [4.78, 5) is 7.15. The summed E-state index contributed by atoms with van der Waals surface area (Å²) in [7, 11) is -1.01. The smallest absolute Gasteiger partial charge is 0.147 e. The predicted molar refractivity (Wildman–Crippen MR) is 59.3 cm³/mol. The minimum atomic E-state index is -2.86. The van der Waals surface area contributed by atoms with Crippen LogP contribution < -0.4 is 5.32 Å². The Morgan fingerprint density at radius 3 is 2.80 bits per heavy atom. The number of aromatic nitrogens is 2. The van der Waals surface area contributed by atoms with Crippen molar-refractivity contribution in [3.63, 3.8) is 0 Å². The van der Waals surface area contributed by atoms with Gasteiger partial charge in [-0.15, -0.1) is 0 Å². The van der Waals surface area contributed by atoms with E-state index in [4.69, 9.17) is 0 Å². The molecule has 2 N–H and O–H groups in total. The highest BCUT2D eigenvalue weighted by Gasteiger charge is 2.12. The highest BCUT2D eigenvalue weighted by atomic mass is 32.2.